The number of anilines is 1. The minimum absolute atomic E-state index is 0.204. The van der Waals surface area contributed by atoms with Gasteiger partial charge in [-0.1, -0.05) is 12.1 Å². The first-order valence-electron chi connectivity index (χ1n) is 9.33. The SMILES string of the molecule is C[C@H](O)[C@H]1c2c(ccc3c2OCO3)-c2ccc3cc4c(cc3c2N1C)OCO4. The summed E-state index contributed by atoms with van der Waals surface area (Å²) in [6.45, 7) is 2.26. The van der Waals surface area contributed by atoms with Crippen LogP contribution in [0.25, 0.3) is 21.9 Å². The average Bonchev–Trinajstić information content (AvgIpc) is 3.34. The smallest absolute Gasteiger partial charge is 0.231 e. The van der Waals surface area contributed by atoms with Crippen molar-refractivity contribution >= 4 is 16.5 Å². The van der Waals surface area contributed by atoms with Gasteiger partial charge >= 0.3 is 0 Å². The summed E-state index contributed by atoms with van der Waals surface area (Å²) in [6.07, 6.45) is -0.600. The maximum Gasteiger partial charge on any atom is 0.231 e. The lowest BCUT2D eigenvalue weighted by atomic mass is 9.84. The predicted molar refractivity (Wildman–Crippen MR) is 104 cm³/mol. The van der Waals surface area contributed by atoms with Crippen molar-refractivity contribution in [1.82, 2.24) is 0 Å². The quantitative estimate of drug-likeness (QED) is 0.695. The average molecular weight is 377 g/mol. The molecule has 6 nitrogen and oxygen atoms in total. The van der Waals surface area contributed by atoms with Crippen molar-refractivity contribution in [3.05, 3.63) is 42.0 Å². The molecule has 0 spiro atoms. The van der Waals surface area contributed by atoms with Gasteiger partial charge in [-0.25, -0.2) is 0 Å². The molecule has 3 aromatic rings. The molecule has 0 saturated carbocycles. The second-order valence-corrected chi connectivity index (χ2v) is 7.45. The van der Waals surface area contributed by atoms with Crippen LogP contribution >= 0.6 is 0 Å². The molecule has 3 aliphatic heterocycles. The molecular weight excluding hydrogens is 358 g/mol. The summed E-state index contributed by atoms with van der Waals surface area (Å²) in [4.78, 5) is 2.13. The third kappa shape index (κ3) is 1.95. The molecule has 0 aromatic heterocycles. The van der Waals surface area contributed by atoms with Crippen molar-refractivity contribution in [2.45, 2.75) is 19.1 Å². The van der Waals surface area contributed by atoms with Crippen molar-refractivity contribution < 1.29 is 24.1 Å². The summed E-state index contributed by atoms with van der Waals surface area (Å²) in [5, 5.41) is 12.8. The Kier molecular flexibility index (Phi) is 3.09. The molecule has 0 unspecified atom stereocenters. The second-order valence-electron chi connectivity index (χ2n) is 7.45. The van der Waals surface area contributed by atoms with E-state index in [4.69, 9.17) is 18.9 Å². The summed E-state index contributed by atoms with van der Waals surface area (Å²) in [5.41, 5.74) is 4.19. The van der Waals surface area contributed by atoms with E-state index in [1.54, 1.807) is 0 Å². The summed E-state index contributed by atoms with van der Waals surface area (Å²) in [5.74, 6) is 2.97. The molecule has 0 amide bonds. The first-order valence-corrected chi connectivity index (χ1v) is 9.33. The van der Waals surface area contributed by atoms with Crippen molar-refractivity contribution in [3.8, 4) is 34.1 Å². The Morgan fingerprint density at radius 1 is 0.929 bits per heavy atom. The Hall–Kier alpha value is -3.12. The topological polar surface area (TPSA) is 60.4 Å². The molecule has 0 bridgehead atoms. The summed E-state index contributed by atoms with van der Waals surface area (Å²) >= 11 is 0. The number of rotatable bonds is 1. The molecule has 2 atom stereocenters. The van der Waals surface area contributed by atoms with Crippen LogP contribution < -0.4 is 23.8 Å². The highest BCUT2D eigenvalue weighted by atomic mass is 16.7. The Bertz CT molecular complexity index is 1140. The van der Waals surface area contributed by atoms with Crippen molar-refractivity contribution in [2.75, 3.05) is 25.5 Å². The van der Waals surface area contributed by atoms with Gasteiger partial charge in [0.05, 0.1) is 17.8 Å². The van der Waals surface area contributed by atoms with Gasteiger partial charge in [-0.2, -0.15) is 0 Å². The third-order valence-electron chi connectivity index (χ3n) is 5.88. The van der Waals surface area contributed by atoms with Crippen molar-refractivity contribution in [2.24, 2.45) is 0 Å². The van der Waals surface area contributed by atoms with E-state index < -0.39 is 6.10 Å². The molecule has 142 valence electrons. The number of aliphatic hydroxyl groups excluding tert-OH is 1. The lowest BCUT2D eigenvalue weighted by Gasteiger charge is -2.40. The van der Waals surface area contributed by atoms with E-state index in [0.29, 0.717) is 0 Å². The highest BCUT2D eigenvalue weighted by Gasteiger charge is 2.38. The van der Waals surface area contributed by atoms with Gasteiger partial charge in [0.25, 0.3) is 0 Å². The number of hydrogen-bond donors (Lipinski definition) is 1. The van der Waals surface area contributed by atoms with Crippen LogP contribution in [0.15, 0.2) is 36.4 Å². The van der Waals surface area contributed by atoms with E-state index in [1.807, 2.05) is 32.2 Å². The number of nitrogens with zero attached hydrogens (tertiary/aromatic N) is 1. The highest BCUT2D eigenvalue weighted by Crippen LogP contribution is 2.55. The minimum Gasteiger partial charge on any atom is -0.454 e. The van der Waals surface area contributed by atoms with Gasteiger partial charge in [-0.15, -0.1) is 0 Å². The van der Waals surface area contributed by atoms with Crippen LogP contribution in [-0.2, 0) is 0 Å². The molecule has 0 aliphatic carbocycles. The number of likely N-dealkylation sites (N-methyl/N-ethyl adjacent to an activating group) is 1. The fourth-order valence-electron chi connectivity index (χ4n) is 4.72. The first kappa shape index (κ1) is 15.9. The maximum absolute atomic E-state index is 10.7. The highest BCUT2D eigenvalue weighted by molar-refractivity contribution is 6.05. The molecule has 6 heteroatoms. The molecule has 3 heterocycles. The standard InChI is InChI=1S/C22H19NO5/c1-11(24)20-19-13(5-6-16-22(19)28-10-25-16)14-4-3-12-7-17-18(27-9-26-17)8-15(12)21(14)23(20)2/h3-8,11,20,24H,9-10H2,1-2H3/t11-,20-/m0/s1. The fraction of sp³-hybridized carbons (Fsp3) is 0.273. The Morgan fingerprint density at radius 2 is 1.64 bits per heavy atom. The molecule has 3 aliphatic rings. The van der Waals surface area contributed by atoms with Crippen molar-refractivity contribution in [3.63, 3.8) is 0 Å². The van der Waals surface area contributed by atoms with Crippen LogP contribution in [0.1, 0.15) is 18.5 Å². The van der Waals surface area contributed by atoms with Crippen LogP contribution in [0.3, 0.4) is 0 Å². The lowest BCUT2D eigenvalue weighted by molar-refractivity contribution is 0.154. The van der Waals surface area contributed by atoms with E-state index in [9.17, 15) is 5.11 Å². The number of ether oxygens (including phenoxy) is 4. The zero-order valence-corrected chi connectivity index (χ0v) is 15.6. The Balaban J connectivity index is 1.69. The van der Waals surface area contributed by atoms with Crippen LogP contribution in [-0.4, -0.2) is 31.8 Å². The Labute approximate surface area is 161 Å². The van der Waals surface area contributed by atoms with Gasteiger partial charge in [-0.3, -0.25) is 0 Å². The molecule has 6 rings (SSSR count). The van der Waals surface area contributed by atoms with Gasteiger partial charge in [0, 0.05) is 23.6 Å². The molecule has 0 radical (unpaired) electrons. The molecule has 28 heavy (non-hydrogen) atoms. The van der Waals surface area contributed by atoms with E-state index >= 15 is 0 Å². The van der Waals surface area contributed by atoms with E-state index in [2.05, 4.69) is 23.1 Å². The molecule has 0 fully saturated rings. The lowest BCUT2D eigenvalue weighted by Crippen LogP contribution is -2.35. The molecule has 1 N–H and O–H groups in total. The zero-order valence-electron chi connectivity index (χ0n) is 15.6. The number of hydrogen-bond acceptors (Lipinski definition) is 6. The Morgan fingerprint density at radius 3 is 2.46 bits per heavy atom. The van der Waals surface area contributed by atoms with Crippen LogP contribution in [0, 0.1) is 0 Å². The number of fused-ring (bicyclic) bond motifs is 8. The zero-order chi connectivity index (χ0) is 19.0. The maximum atomic E-state index is 10.7. The van der Waals surface area contributed by atoms with Crippen LogP contribution in [0.5, 0.6) is 23.0 Å². The minimum atomic E-state index is -0.600. The van der Waals surface area contributed by atoms with E-state index in [0.717, 1.165) is 56.1 Å². The normalized spacial score (nSPS) is 19.5. The molecule has 3 aromatic carbocycles. The summed E-state index contributed by atoms with van der Waals surface area (Å²) < 4.78 is 22.5. The predicted octanol–water partition coefficient (Wildman–Crippen LogP) is 3.84. The van der Waals surface area contributed by atoms with Gasteiger partial charge < -0.3 is 29.0 Å². The first-order chi connectivity index (χ1) is 13.6. The number of aliphatic hydroxyl groups is 1. The van der Waals surface area contributed by atoms with Crippen LogP contribution in [0.4, 0.5) is 5.69 Å². The van der Waals surface area contributed by atoms with Crippen molar-refractivity contribution in [1.29, 1.82) is 0 Å². The second kappa shape index (κ2) is 5.45. The monoisotopic (exact) mass is 377 g/mol. The van der Waals surface area contributed by atoms with Gasteiger partial charge in [0.2, 0.25) is 13.6 Å². The van der Waals surface area contributed by atoms with Gasteiger partial charge in [-0.05, 0) is 42.1 Å². The van der Waals surface area contributed by atoms with Gasteiger partial charge in [0.15, 0.2) is 23.0 Å². The molecular formula is C22H19NO5. The third-order valence-corrected chi connectivity index (χ3v) is 5.88. The fourth-order valence-corrected chi connectivity index (χ4v) is 4.72. The largest absolute Gasteiger partial charge is 0.454 e. The molecule has 0 saturated heterocycles. The van der Waals surface area contributed by atoms with E-state index in [-0.39, 0.29) is 19.6 Å². The number of benzene rings is 3. The summed E-state index contributed by atoms with van der Waals surface area (Å²) in [7, 11) is 2.01. The van der Waals surface area contributed by atoms with E-state index in [1.165, 1.54) is 0 Å². The van der Waals surface area contributed by atoms with Crippen LogP contribution in [0.2, 0.25) is 0 Å². The summed E-state index contributed by atoms with van der Waals surface area (Å²) in [6, 6.07) is 12.0. The van der Waals surface area contributed by atoms with Gasteiger partial charge in [0.1, 0.15) is 0 Å².